The van der Waals surface area contributed by atoms with Gasteiger partial charge in [0.15, 0.2) is 0 Å². The molecule has 0 saturated carbocycles. The Labute approximate surface area is 326 Å². The zero-order valence-electron chi connectivity index (χ0n) is 33.4. The van der Waals surface area contributed by atoms with E-state index in [4.69, 9.17) is 37.9 Å². The summed E-state index contributed by atoms with van der Waals surface area (Å²) in [6.45, 7) is 20.8. The minimum absolute atomic E-state index is 0.0341. The SMILES string of the molecule is CCc1cc(C(C)c2ccc(OCC3CO3)c(C)c2)c(OCC2CO2)c(C(C)c2ccc(OCC3CO3)c(C)c2)c1-c1cc(C(C)C)ccc1OCC1CO1. The summed E-state index contributed by atoms with van der Waals surface area (Å²) < 4.78 is 48.0. The van der Waals surface area contributed by atoms with Gasteiger partial charge in [-0.25, -0.2) is 0 Å². The topological polar surface area (TPSA) is 87.0 Å². The van der Waals surface area contributed by atoms with Crippen molar-refractivity contribution in [2.75, 3.05) is 52.9 Å². The Morgan fingerprint density at radius 1 is 0.564 bits per heavy atom. The molecule has 8 nitrogen and oxygen atoms in total. The summed E-state index contributed by atoms with van der Waals surface area (Å²) in [6.07, 6.45) is 1.47. The van der Waals surface area contributed by atoms with Crippen molar-refractivity contribution in [1.29, 1.82) is 0 Å². The highest BCUT2D eigenvalue weighted by Crippen LogP contribution is 2.50. The molecule has 0 aliphatic carbocycles. The molecule has 0 radical (unpaired) electrons. The van der Waals surface area contributed by atoms with Gasteiger partial charge in [0.05, 0.1) is 26.4 Å². The molecule has 4 aliphatic rings. The molecule has 8 rings (SSSR count). The third kappa shape index (κ3) is 8.99. The summed E-state index contributed by atoms with van der Waals surface area (Å²) in [5.41, 5.74) is 11.7. The molecule has 4 saturated heterocycles. The summed E-state index contributed by atoms with van der Waals surface area (Å²) in [6, 6.07) is 22.2. The summed E-state index contributed by atoms with van der Waals surface area (Å²) in [5.74, 6) is 3.91. The van der Waals surface area contributed by atoms with Crippen LogP contribution >= 0.6 is 0 Å². The van der Waals surface area contributed by atoms with Crippen LogP contribution in [0.2, 0.25) is 0 Å². The van der Waals surface area contributed by atoms with Crippen molar-refractivity contribution in [3.63, 3.8) is 0 Å². The van der Waals surface area contributed by atoms with E-state index in [1.165, 1.54) is 27.8 Å². The molecule has 0 N–H and O–H groups in total. The maximum absolute atomic E-state index is 7.05. The Bertz CT molecular complexity index is 1990. The van der Waals surface area contributed by atoms with Crippen molar-refractivity contribution in [3.05, 3.63) is 105 Å². The Hall–Kier alpha value is -4.08. The van der Waals surface area contributed by atoms with Crippen molar-refractivity contribution in [1.82, 2.24) is 0 Å². The van der Waals surface area contributed by atoms with E-state index in [1.54, 1.807) is 0 Å². The molecule has 8 heteroatoms. The monoisotopic (exact) mass is 748 g/mol. The lowest BCUT2D eigenvalue weighted by molar-refractivity contribution is 0.258. The standard InChI is InChI=1S/C47H56O8/c1-8-32-17-40(30(6)34-10-12-42(28(4)15-34)52-23-36-19-48-36)47(55-26-39-22-51-39)45(31(7)35-11-13-43(29(5)16-35)53-24-37-20-49-37)46(32)41-18-33(27(2)3)9-14-44(41)54-25-38-21-50-38/h9-18,27,30-31,36-39H,8,19-26H2,1-7H3. The average Bonchev–Trinajstić information content (AvgIpc) is 3.97. The van der Waals surface area contributed by atoms with Gasteiger partial charge in [0.1, 0.15) is 73.8 Å². The predicted octanol–water partition coefficient (Wildman–Crippen LogP) is 9.07. The third-order valence-corrected chi connectivity index (χ3v) is 11.3. The van der Waals surface area contributed by atoms with Gasteiger partial charge in [-0.1, -0.05) is 71.0 Å². The number of benzene rings is 4. The quantitative estimate of drug-likeness (QED) is 0.0879. The smallest absolute Gasteiger partial charge is 0.127 e. The molecule has 292 valence electrons. The van der Waals surface area contributed by atoms with Crippen molar-refractivity contribution in [3.8, 4) is 34.1 Å². The number of hydrogen-bond donors (Lipinski definition) is 0. The van der Waals surface area contributed by atoms with E-state index < -0.39 is 0 Å². The maximum atomic E-state index is 7.05. The summed E-state index contributed by atoms with van der Waals surface area (Å²) in [5, 5.41) is 0. The van der Waals surface area contributed by atoms with Crippen LogP contribution in [0.25, 0.3) is 11.1 Å². The van der Waals surface area contributed by atoms with Crippen molar-refractivity contribution >= 4 is 0 Å². The first-order chi connectivity index (χ1) is 26.7. The second-order valence-corrected chi connectivity index (χ2v) is 16.1. The van der Waals surface area contributed by atoms with E-state index >= 15 is 0 Å². The van der Waals surface area contributed by atoms with E-state index in [1.807, 2.05) is 0 Å². The first kappa shape index (κ1) is 37.8. The molecule has 6 atom stereocenters. The first-order valence-electron chi connectivity index (χ1n) is 20.2. The molecule has 0 amide bonds. The summed E-state index contributed by atoms with van der Waals surface area (Å²) in [4.78, 5) is 0. The highest BCUT2D eigenvalue weighted by molar-refractivity contribution is 5.82. The molecule has 4 aromatic rings. The van der Waals surface area contributed by atoms with Crippen molar-refractivity contribution in [2.45, 2.75) is 97.1 Å². The van der Waals surface area contributed by atoms with Crippen LogP contribution in [-0.4, -0.2) is 77.3 Å². The highest BCUT2D eigenvalue weighted by atomic mass is 16.6. The lowest BCUT2D eigenvalue weighted by Crippen LogP contribution is -2.15. The number of aryl methyl sites for hydroxylation is 3. The van der Waals surface area contributed by atoms with Gasteiger partial charge in [-0.2, -0.15) is 0 Å². The van der Waals surface area contributed by atoms with Gasteiger partial charge in [-0.05, 0) is 89.4 Å². The van der Waals surface area contributed by atoms with Crippen LogP contribution in [0.4, 0.5) is 0 Å². The molecule has 0 aromatic heterocycles. The molecule has 4 fully saturated rings. The second-order valence-electron chi connectivity index (χ2n) is 16.1. The number of rotatable bonds is 19. The Morgan fingerprint density at radius 2 is 1.02 bits per heavy atom. The fourth-order valence-corrected chi connectivity index (χ4v) is 7.42. The molecule has 0 spiro atoms. The van der Waals surface area contributed by atoms with Crippen molar-refractivity contribution < 1.29 is 37.9 Å². The van der Waals surface area contributed by atoms with Crippen LogP contribution in [0.1, 0.15) is 96.9 Å². The lowest BCUT2D eigenvalue weighted by Gasteiger charge is -2.30. The molecule has 4 heterocycles. The average molecular weight is 749 g/mol. The zero-order chi connectivity index (χ0) is 38.2. The first-order valence-corrected chi connectivity index (χ1v) is 20.2. The van der Waals surface area contributed by atoms with E-state index in [0.717, 1.165) is 77.1 Å². The minimum atomic E-state index is -0.0356. The Morgan fingerprint density at radius 3 is 1.49 bits per heavy atom. The van der Waals surface area contributed by atoms with Gasteiger partial charge in [0.2, 0.25) is 0 Å². The van der Waals surface area contributed by atoms with E-state index in [-0.39, 0.29) is 36.3 Å². The van der Waals surface area contributed by atoms with Crippen LogP contribution in [0, 0.1) is 13.8 Å². The van der Waals surface area contributed by atoms with Crippen LogP contribution in [-0.2, 0) is 25.4 Å². The Kier molecular flexibility index (Phi) is 11.1. The lowest BCUT2D eigenvalue weighted by atomic mass is 9.78. The van der Waals surface area contributed by atoms with Crippen LogP contribution in [0.15, 0.2) is 60.7 Å². The van der Waals surface area contributed by atoms with Gasteiger partial charge in [-0.15, -0.1) is 0 Å². The van der Waals surface area contributed by atoms with Gasteiger partial charge in [0.25, 0.3) is 0 Å². The molecule has 4 aliphatic heterocycles. The van der Waals surface area contributed by atoms with Gasteiger partial charge in [0, 0.05) is 28.5 Å². The third-order valence-electron chi connectivity index (χ3n) is 11.3. The second kappa shape index (κ2) is 16.2. The van der Waals surface area contributed by atoms with Crippen LogP contribution in [0.3, 0.4) is 0 Å². The number of ether oxygens (including phenoxy) is 8. The summed E-state index contributed by atoms with van der Waals surface area (Å²) in [7, 11) is 0. The summed E-state index contributed by atoms with van der Waals surface area (Å²) >= 11 is 0. The van der Waals surface area contributed by atoms with E-state index in [9.17, 15) is 0 Å². The molecular weight excluding hydrogens is 693 g/mol. The molecule has 55 heavy (non-hydrogen) atoms. The molecule has 6 unspecified atom stereocenters. The fraction of sp³-hybridized carbons (Fsp3) is 0.489. The van der Waals surface area contributed by atoms with E-state index in [2.05, 4.69) is 109 Å². The van der Waals surface area contributed by atoms with Crippen LogP contribution < -0.4 is 18.9 Å². The van der Waals surface area contributed by atoms with Crippen LogP contribution in [0.5, 0.6) is 23.0 Å². The van der Waals surface area contributed by atoms with E-state index in [0.29, 0.717) is 39.0 Å². The highest BCUT2D eigenvalue weighted by Gasteiger charge is 2.33. The van der Waals surface area contributed by atoms with Crippen molar-refractivity contribution in [2.24, 2.45) is 0 Å². The molecule has 4 aromatic carbocycles. The van der Waals surface area contributed by atoms with Gasteiger partial charge in [-0.3, -0.25) is 0 Å². The Balaban J connectivity index is 1.29. The molecular formula is C47H56O8. The normalized spacial score (nSPS) is 21.9. The van der Waals surface area contributed by atoms with Gasteiger partial charge < -0.3 is 37.9 Å². The number of hydrogen-bond acceptors (Lipinski definition) is 8. The fourth-order valence-electron chi connectivity index (χ4n) is 7.42. The zero-order valence-corrected chi connectivity index (χ0v) is 33.4. The van der Waals surface area contributed by atoms with Gasteiger partial charge >= 0.3 is 0 Å². The minimum Gasteiger partial charge on any atom is -0.491 e. The predicted molar refractivity (Wildman–Crippen MR) is 214 cm³/mol. The molecule has 0 bridgehead atoms. The number of epoxide rings is 4. The maximum Gasteiger partial charge on any atom is 0.127 e. The largest absolute Gasteiger partial charge is 0.491 e.